The number of nitrogens with zero attached hydrogens (tertiary/aromatic N) is 2. The summed E-state index contributed by atoms with van der Waals surface area (Å²) in [5, 5.41) is 6.27. The minimum atomic E-state index is -0.379. The summed E-state index contributed by atoms with van der Waals surface area (Å²) in [7, 11) is 3.44. The number of hydrogen-bond donors (Lipinski definition) is 0. The van der Waals surface area contributed by atoms with Crippen molar-refractivity contribution < 1.29 is 28.7 Å². The highest BCUT2D eigenvalue weighted by Crippen LogP contribution is 2.59. The Bertz CT molecular complexity index is 5340. The van der Waals surface area contributed by atoms with Crippen LogP contribution in [0.4, 0.5) is 11.4 Å². The van der Waals surface area contributed by atoms with Gasteiger partial charge in [-0.15, -0.1) is 0 Å². The molecule has 17 rings (SSSR count). The largest absolute Gasteiger partial charge is 0.497 e. The molecule has 8 nitrogen and oxygen atoms in total. The van der Waals surface area contributed by atoms with Crippen molar-refractivity contribution in [3.05, 3.63) is 263 Å². The molecule has 2 aliphatic carbocycles. The first-order valence-electron chi connectivity index (χ1n) is 44.0. The van der Waals surface area contributed by atoms with Crippen molar-refractivity contribution in [1.82, 2.24) is 0 Å². The van der Waals surface area contributed by atoms with Crippen LogP contribution in [0.15, 0.2) is 218 Å². The van der Waals surface area contributed by atoms with Crippen LogP contribution in [0, 0.1) is 0 Å². The summed E-state index contributed by atoms with van der Waals surface area (Å²) >= 11 is 0. The third-order valence-electron chi connectivity index (χ3n) is 26.9. The molecular formula is C108H110N2O6. The van der Waals surface area contributed by atoms with Gasteiger partial charge in [-0.3, -0.25) is 19.2 Å². The molecule has 0 saturated heterocycles. The second kappa shape index (κ2) is 33.7. The number of benzene rings is 13. The van der Waals surface area contributed by atoms with E-state index in [0.29, 0.717) is 44.4 Å². The summed E-state index contributed by atoms with van der Waals surface area (Å²) < 4.78 is 11.2. The quantitative estimate of drug-likeness (QED) is 0.0168. The Morgan fingerprint density at radius 3 is 0.690 bits per heavy atom. The van der Waals surface area contributed by atoms with Gasteiger partial charge in [-0.25, -0.2) is 9.80 Å². The Kier molecular flexibility index (Phi) is 22.5. The molecule has 0 N–H and O–H groups in total. The Labute approximate surface area is 686 Å². The van der Waals surface area contributed by atoms with Gasteiger partial charge in [0.15, 0.2) is 0 Å². The molecule has 0 fully saturated rings. The molecule has 8 heteroatoms. The number of unbranched alkanes of at least 4 members (excludes halogenated alkanes) is 20. The normalized spacial score (nSPS) is 14.2. The van der Waals surface area contributed by atoms with Crippen LogP contribution in [0.2, 0.25) is 0 Å². The van der Waals surface area contributed by atoms with Gasteiger partial charge in [0.2, 0.25) is 0 Å². The lowest BCUT2D eigenvalue weighted by molar-refractivity contribution is 0.0877. The lowest BCUT2D eigenvalue weighted by Gasteiger charge is -2.33. The molecule has 4 aliphatic rings. The average molecular weight is 1530 g/mol. The third-order valence-corrected chi connectivity index (χ3v) is 26.9. The van der Waals surface area contributed by atoms with Gasteiger partial charge in [0, 0.05) is 43.9 Å². The molecule has 0 atom stereocenters. The molecular weight excluding hydrogens is 1420 g/mol. The number of rotatable bonds is 36. The van der Waals surface area contributed by atoms with E-state index in [4.69, 9.17) is 9.47 Å². The van der Waals surface area contributed by atoms with E-state index in [0.717, 1.165) is 117 Å². The number of carbonyl (C=O) groups is 4. The lowest BCUT2D eigenvalue weighted by atomic mass is 9.70. The zero-order chi connectivity index (χ0) is 79.6. The fraction of sp³-hybridized carbons (Fsp3) is 0.333. The summed E-state index contributed by atoms with van der Waals surface area (Å²) in [6.45, 7) is 9.16. The first kappa shape index (κ1) is 77.6. The molecule has 0 radical (unpaired) electrons. The Morgan fingerprint density at radius 1 is 0.233 bits per heavy atom. The van der Waals surface area contributed by atoms with Crippen molar-refractivity contribution in [2.75, 3.05) is 24.0 Å². The Balaban J connectivity index is 0.653. The summed E-state index contributed by atoms with van der Waals surface area (Å²) in [6.07, 6.45) is 34.1. The minimum absolute atomic E-state index is 0.160. The molecule has 4 amide bonds. The molecule has 116 heavy (non-hydrogen) atoms. The van der Waals surface area contributed by atoms with Gasteiger partial charge in [-0.05, 0) is 244 Å². The van der Waals surface area contributed by atoms with Crippen molar-refractivity contribution in [1.29, 1.82) is 0 Å². The standard InChI is InChI=1S/C108H110N2O6/c1-7-11-15-19-23-27-63-107(64-28-24-20-16-12-8-2)95-67-75(39-51-83(95)85-53-41-77(69-97(85)107)73-35-47-81(115-5)48-36-73)71-31-43-79(44-32-71)109-103(111)91-59-55-87-89-57-61-93-102-94(62-58-90(100(89)102)88-56-60-92(104(109)112)101(91)99(87)88)106(114)110(105(93)113)80-45-33-72(34-46-80)76-40-52-84-86-54-42-78(74-37-49-82(116-6)50-38-74)70-98(86)108(96(84)68-76,65-29-25-21-17-13-9-3)66-30-26-22-18-14-10-4/h31-62,67-70H,7-30,63-66H2,1-6H3. The zero-order valence-electron chi connectivity index (χ0n) is 68.9. The molecule has 13 aromatic carbocycles. The highest BCUT2D eigenvalue weighted by molar-refractivity contribution is 6.45. The minimum Gasteiger partial charge on any atom is -0.497 e. The second-order valence-electron chi connectivity index (χ2n) is 33.9. The number of anilines is 2. The van der Waals surface area contributed by atoms with E-state index >= 15 is 19.2 Å². The van der Waals surface area contributed by atoms with Gasteiger partial charge < -0.3 is 9.47 Å². The predicted molar refractivity (Wildman–Crippen MR) is 482 cm³/mol. The fourth-order valence-corrected chi connectivity index (χ4v) is 20.8. The van der Waals surface area contributed by atoms with Crippen molar-refractivity contribution >= 4 is 78.1 Å². The van der Waals surface area contributed by atoms with E-state index in [9.17, 15) is 0 Å². The second-order valence-corrected chi connectivity index (χ2v) is 33.9. The van der Waals surface area contributed by atoms with Crippen molar-refractivity contribution in [2.24, 2.45) is 0 Å². The fourth-order valence-electron chi connectivity index (χ4n) is 20.8. The van der Waals surface area contributed by atoms with Crippen LogP contribution in [0.25, 0.3) is 110 Å². The van der Waals surface area contributed by atoms with Crippen LogP contribution in [0.5, 0.6) is 11.5 Å². The molecule has 0 spiro atoms. The molecule has 0 bridgehead atoms. The number of methoxy groups -OCH3 is 2. The van der Waals surface area contributed by atoms with Crippen LogP contribution in [0.1, 0.15) is 271 Å². The number of hydrogen-bond acceptors (Lipinski definition) is 6. The molecule has 0 saturated carbocycles. The van der Waals surface area contributed by atoms with Gasteiger partial charge in [0.1, 0.15) is 11.5 Å². The van der Waals surface area contributed by atoms with Crippen LogP contribution in [-0.2, 0) is 10.8 Å². The van der Waals surface area contributed by atoms with Crippen molar-refractivity contribution in [3.63, 3.8) is 0 Å². The van der Waals surface area contributed by atoms with Crippen molar-refractivity contribution in [2.45, 2.75) is 218 Å². The monoisotopic (exact) mass is 1530 g/mol. The molecule has 588 valence electrons. The van der Waals surface area contributed by atoms with E-state index < -0.39 is 0 Å². The highest BCUT2D eigenvalue weighted by Gasteiger charge is 2.46. The maximum atomic E-state index is 15.3. The summed E-state index contributed by atoms with van der Waals surface area (Å²) in [6, 6.07) is 76.9. The maximum Gasteiger partial charge on any atom is 0.265 e. The van der Waals surface area contributed by atoms with E-state index in [-0.39, 0.29) is 34.5 Å². The summed E-state index contributed by atoms with van der Waals surface area (Å²) in [5.74, 6) is 0.187. The van der Waals surface area contributed by atoms with Crippen LogP contribution >= 0.6 is 0 Å². The SMILES string of the molecule is CCCCCCCCC1(CCCCCCCC)c2cc(-c3ccc(OC)cc3)ccc2-c2ccc(-c3ccc(N4C(=O)c5ccc6c7ccc8c9c(ccc(c%10ccc(c5c6%10)C4=O)c97)C(=O)N(c4ccc(-c5ccc6c(c5)C(CCCCCCCC)(CCCCCCCC)c5cc(-c7ccc(OC)cc7)ccc5-6)cc4)C8=O)cc3)cc21. The third kappa shape index (κ3) is 14.0. The molecule has 13 aromatic rings. The number of imide groups is 2. The summed E-state index contributed by atoms with van der Waals surface area (Å²) in [4.78, 5) is 63.7. The smallest absolute Gasteiger partial charge is 0.265 e. The Morgan fingerprint density at radius 2 is 0.448 bits per heavy atom. The predicted octanol–water partition coefficient (Wildman–Crippen LogP) is 29.6. The first-order chi connectivity index (χ1) is 56.9. The van der Waals surface area contributed by atoms with E-state index in [1.165, 1.54) is 205 Å². The van der Waals surface area contributed by atoms with E-state index in [1.54, 1.807) is 14.2 Å². The number of ether oxygens (including phenoxy) is 2. The number of carbonyl (C=O) groups excluding carboxylic acids is 4. The highest BCUT2D eigenvalue weighted by atomic mass is 16.5. The first-order valence-corrected chi connectivity index (χ1v) is 44.0. The van der Waals surface area contributed by atoms with Gasteiger partial charge >= 0.3 is 0 Å². The van der Waals surface area contributed by atoms with E-state index in [1.807, 2.05) is 72.8 Å². The molecule has 0 aromatic heterocycles. The lowest BCUT2D eigenvalue weighted by Crippen LogP contribution is -2.40. The maximum absolute atomic E-state index is 15.3. The van der Waals surface area contributed by atoms with Crippen LogP contribution in [-0.4, -0.2) is 37.8 Å². The Hall–Kier alpha value is -11.0. The van der Waals surface area contributed by atoms with Gasteiger partial charge in [0.25, 0.3) is 23.6 Å². The van der Waals surface area contributed by atoms with E-state index in [2.05, 4.69) is 173 Å². The number of fused-ring (bicyclic) bond motifs is 8. The summed E-state index contributed by atoms with van der Waals surface area (Å²) in [5.41, 5.74) is 22.6. The zero-order valence-corrected chi connectivity index (χ0v) is 68.9. The molecule has 2 aliphatic heterocycles. The average Bonchev–Trinajstić information content (AvgIpc) is 0.711. The van der Waals surface area contributed by atoms with Gasteiger partial charge in [0.05, 0.1) is 25.6 Å². The topological polar surface area (TPSA) is 93.2 Å². The molecule has 2 heterocycles. The number of amides is 4. The van der Waals surface area contributed by atoms with Crippen LogP contribution < -0.4 is 19.3 Å². The molecule has 0 unspecified atom stereocenters. The van der Waals surface area contributed by atoms with Crippen LogP contribution in [0.3, 0.4) is 0 Å². The van der Waals surface area contributed by atoms with Crippen molar-refractivity contribution in [3.8, 4) is 78.3 Å². The van der Waals surface area contributed by atoms with Gasteiger partial charge in [-0.2, -0.15) is 0 Å². The van der Waals surface area contributed by atoms with Gasteiger partial charge in [-0.1, -0.05) is 303 Å².